The molecule has 0 radical (unpaired) electrons. The Hall–Kier alpha value is -0.330. The van der Waals surface area contributed by atoms with Gasteiger partial charge in [0.05, 0.1) is 0 Å². The molecule has 0 aromatic carbocycles. The molecule has 30 heavy (non-hydrogen) atoms. The monoisotopic (exact) mass is 414 g/mol. The van der Waals surface area contributed by atoms with Gasteiger partial charge in [-0.2, -0.15) is 0 Å². The van der Waals surface area contributed by atoms with E-state index in [9.17, 15) is 4.79 Å². The fraction of sp³-hybridized carbons (Fsp3) is 0.966. The standard InChI is InChI=1S/C29H50O/c1-18(2)19(3)8-9-20(4)24-10-11-25-23-16-21(5)27-17-22(30)12-14-29(27,7)26(23)13-15-28(24,25)6/h18-21,23-27H,8-17H2,1-7H3/t19?,20-,21?,23+,24-,25+,26+,27?,28-,29-/m1/s1. The first-order valence-electron chi connectivity index (χ1n) is 13.6. The largest absolute Gasteiger partial charge is 0.300 e. The Morgan fingerprint density at radius 1 is 0.900 bits per heavy atom. The van der Waals surface area contributed by atoms with E-state index in [4.69, 9.17) is 0 Å². The Morgan fingerprint density at radius 2 is 1.60 bits per heavy atom. The van der Waals surface area contributed by atoms with Crippen LogP contribution in [0.4, 0.5) is 0 Å². The van der Waals surface area contributed by atoms with Crippen LogP contribution in [0.15, 0.2) is 0 Å². The van der Waals surface area contributed by atoms with Gasteiger partial charge in [-0.05, 0) is 103 Å². The van der Waals surface area contributed by atoms with Gasteiger partial charge in [-0.3, -0.25) is 4.79 Å². The van der Waals surface area contributed by atoms with Gasteiger partial charge in [0.15, 0.2) is 0 Å². The fourth-order valence-corrected chi connectivity index (χ4v) is 9.55. The van der Waals surface area contributed by atoms with Crippen LogP contribution < -0.4 is 0 Å². The summed E-state index contributed by atoms with van der Waals surface area (Å²) in [5, 5.41) is 0. The maximum absolute atomic E-state index is 12.3. The SMILES string of the molecule is CC(C)C(C)CC[C@@H](C)[C@H]1CC[C@H]2[C@@H]3CC(C)C4CC(=O)CC[C@]4(C)[C@H]3CC[C@]12C. The smallest absolute Gasteiger partial charge is 0.133 e. The molecule has 4 aliphatic carbocycles. The van der Waals surface area contributed by atoms with Gasteiger partial charge in [-0.15, -0.1) is 0 Å². The first-order valence-corrected chi connectivity index (χ1v) is 13.6. The highest BCUT2D eigenvalue weighted by molar-refractivity contribution is 5.79. The zero-order valence-electron chi connectivity index (χ0n) is 21.2. The summed E-state index contributed by atoms with van der Waals surface area (Å²) in [5.41, 5.74) is 1.02. The lowest BCUT2D eigenvalue weighted by molar-refractivity contribution is -0.150. The summed E-state index contributed by atoms with van der Waals surface area (Å²) < 4.78 is 0. The van der Waals surface area contributed by atoms with Gasteiger partial charge < -0.3 is 0 Å². The minimum absolute atomic E-state index is 0.438. The molecule has 172 valence electrons. The van der Waals surface area contributed by atoms with Gasteiger partial charge >= 0.3 is 0 Å². The number of Topliss-reactive ketones (excluding diaryl/α,β-unsaturated/α-hetero) is 1. The molecule has 10 atom stereocenters. The van der Waals surface area contributed by atoms with Crippen molar-refractivity contribution < 1.29 is 4.79 Å². The van der Waals surface area contributed by atoms with Crippen LogP contribution in [-0.4, -0.2) is 5.78 Å². The average molecular weight is 415 g/mol. The van der Waals surface area contributed by atoms with Crippen LogP contribution in [-0.2, 0) is 4.79 Å². The van der Waals surface area contributed by atoms with Crippen molar-refractivity contribution >= 4 is 5.78 Å². The zero-order chi connectivity index (χ0) is 21.8. The first-order chi connectivity index (χ1) is 14.1. The maximum Gasteiger partial charge on any atom is 0.133 e. The molecule has 0 spiro atoms. The first kappa shape index (κ1) is 22.8. The predicted octanol–water partition coefficient (Wildman–Crippen LogP) is 8.17. The number of carbonyl (C=O) groups excluding carboxylic acids is 1. The third-order valence-corrected chi connectivity index (χ3v) is 11.8. The zero-order valence-corrected chi connectivity index (χ0v) is 21.2. The second-order valence-electron chi connectivity index (χ2n) is 13.4. The van der Waals surface area contributed by atoms with E-state index in [-0.39, 0.29) is 0 Å². The lowest BCUT2D eigenvalue weighted by atomic mass is 9.42. The van der Waals surface area contributed by atoms with E-state index in [0.717, 1.165) is 60.2 Å². The molecule has 0 aromatic rings. The van der Waals surface area contributed by atoms with Crippen LogP contribution in [0, 0.1) is 64.1 Å². The van der Waals surface area contributed by atoms with Crippen molar-refractivity contribution in [2.45, 2.75) is 113 Å². The molecule has 1 heteroatoms. The van der Waals surface area contributed by atoms with Gasteiger partial charge in [0.25, 0.3) is 0 Å². The number of ketones is 1. The molecule has 0 amide bonds. The summed E-state index contributed by atoms with van der Waals surface area (Å²) in [5.74, 6) is 8.23. The summed E-state index contributed by atoms with van der Waals surface area (Å²) in [7, 11) is 0. The fourth-order valence-electron chi connectivity index (χ4n) is 9.55. The van der Waals surface area contributed by atoms with E-state index < -0.39 is 0 Å². The molecule has 4 saturated carbocycles. The molecule has 3 unspecified atom stereocenters. The molecule has 0 N–H and O–H groups in total. The van der Waals surface area contributed by atoms with Gasteiger partial charge in [0.1, 0.15) is 5.78 Å². The summed E-state index contributed by atoms with van der Waals surface area (Å²) in [6, 6.07) is 0. The molecular weight excluding hydrogens is 364 g/mol. The van der Waals surface area contributed by atoms with Crippen molar-refractivity contribution in [3.05, 3.63) is 0 Å². The number of hydrogen-bond donors (Lipinski definition) is 0. The second kappa shape index (κ2) is 8.22. The normalized spacial score (nSPS) is 48.1. The van der Waals surface area contributed by atoms with E-state index >= 15 is 0 Å². The molecule has 4 rings (SSSR count). The van der Waals surface area contributed by atoms with Crippen molar-refractivity contribution in [2.24, 2.45) is 64.1 Å². The lowest BCUT2D eigenvalue weighted by Gasteiger charge is -2.62. The molecule has 0 aromatic heterocycles. The minimum Gasteiger partial charge on any atom is -0.300 e. The van der Waals surface area contributed by atoms with E-state index in [1.54, 1.807) is 0 Å². The minimum atomic E-state index is 0.438. The van der Waals surface area contributed by atoms with Gasteiger partial charge in [-0.1, -0.05) is 61.3 Å². The molecule has 0 heterocycles. The van der Waals surface area contributed by atoms with Crippen LogP contribution >= 0.6 is 0 Å². The van der Waals surface area contributed by atoms with Crippen molar-refractivity contribution in [3.63, 3.8) is 0 Å². The third-order valence-electron chi connectivity index (χ3n) is 11.8. The van der Waals surface area contributed by atoms with Gasteiger partial charge in [0.2, 0.25) is 0 Å². The van der Waals surface area contributed by atoms with Crippen molar-refractivity contribution in [3.8, 4) is 0 Å². The molecule has 0 saturated heterocycles. The Kier molecular flexibility index (Phi) is 6.26. The third kappa shape index (κ3) is 3.63. The molecular formula is C29H50O. The van der Waals surface area contributed by atoms with Crippen LogP contribution in [0.3, 0.4) is 0 Å². The molecule has 4 fully saturated rings. The van der Waals surface area contributed by atoms with Gasteiger partial charge in [-0.25, -0.2) is 0 Å². The Balaban J connectivity index is 1.50. The Labute approximate surface area is 187 Å². The average Bonchev–Trinajstić information content (AvgIpc) is 3.04. The summed E-state index contributed by atoms with van der Waals surface area (Å²) in [6.07, 6.45) is 13.0. The summed E-state index contributed by atoms with van der Waals surface area (Å²) in [6.45, 7) is 17.6. The van der Waals surface area contributed by atoms with E-state index in [1.165, 1.54) is 51.4 Å². The highest BCUT2D eigenvalue weighted by Gasteiger charge is 2.61. The van der Waals surface area contributed by atoms with Crippen LogP contribution in [0.5, 0.6) is 0 Å². The Morgan fingerprint density at radius 3 is 2.30 bits per heavy atom. The van der Waals surface area contributed by atoms with Crippen LogP contribution in [0.1, 0.15) is 113 Å². The number of hydrogen-bond acceptors (Lipinski definition) is 1. The van der Waals surface area contributed by atoms with Crippen LogP contribution in [0.25, 0.3) is 0 Å². The molecule has 0 bridgehead atoms. The Bertz CT molecular complexity index is 636. The van der Waals surface area contributed by atoms with Crippen molar-refractivity contribution in [1.29, 1.82) is 0 Å². The van der Waals surface area contributed by atoms with E-state index in [0.29, 0.717) is 22.5 Å². The molecule has 0 aliphatic heterocycles. The van der Waals surface area contributed by atoms with E-state index in [1.807, 2.05) is 0 Å². The summed E-state index contributed by atoms with van der Waals surface area (Å²) in [4.78, 5) is 12.3. The topological polar surface area (TPSA) is 17.1 Å². The predicted molar refractivity (Wildman–Crippen MR) is 127 cm³/mol. The number of rotatable bonds is 5. The van der Waals surface area contributed by atoms with Crippen molar-refractivity contribution in [1.82, 2.24) is 0 Å². The number of fused-ring (bicyclic) bond motifs is 5. The summed E-state index contributed by atoms with van der Waals surface area (Å²) >= 11 is 0. The molecule has 1 nitrogen and oxygen atoms in total. The lowest BCUT2D eigenvalue weighted by Crippen LogP contribution is -2.56. The number of carbonyl (C=O) groups is 1. The quantitative estimate of drug-likeness (QED) is 0.443. The molecule has 4 aliphatic rings. The highest BCUT2D eigenvalue weighted by atomic mass is 16.1. The van der Waals surface area contributed by atoms with E-state index in [2.05, 4.69) is 48.5 Å². The highest BCUT2D eigenvalue weighted by Crippen LogP contribution is 2.69. The van der Waals surface area contributed by atoms with Gasteiger partial charge in [0, 0.05) is 12.8 Å². The van der Waals surface area contributed by atoms with Crippen molar-refractivity contribution in [2.75, 3.05) is 0 Å². The van der Waals surface area contributed by atoms with Crippen LogP contribution in [0.2, 0.25) is 0 Å². The maximum atomic E-state index is 12.3. The second-order valence-corrected chi connectivity index (χ2v) is 13.4.